The van der Waals surface area contributed by atoms with Crippen LogP contribution in [0.15, 0.2) is 72.9 Å². The van der Waals surface area contributed by atoms with Crippen molar-refractivity contribution in [1.29, 1.82) is 0 Å². The van der Waals surface area contributed by atoms with Crippen LogP contribution in [0.2, 0.25) is 5.02 Å². The number of carbonyl (C=O) groups is 1. The number of pyridine rings is 1. The van der Waals surface area contributed by atoms with Crippen LogP contribution in [-0.2, 0) is 13.0 Å². The molecule has 132 valence electrons. The zero-order valence-electron chi connectivity index (χ0n) is 14.3. The van der Waals surface area contributed by atoms with Crippen molar-refractivity contribution in [3.63, 3.8) is 0 Å². The van der Waals surface area contributed by atoms with Gasteiger partial charge in [-0.25, -0.2) is 4.98 Å². The lowest BCUT2D eigenvalue weighted by Crippen LogP contribution is -2.26. The Morgan fingerprint density at radius 3 is 2.50 bits per heavy atom. The third-order valence-corrected chi connectivity index (χ3v) is 4.16. The first-order chi connectivity index (χ1) is 12.7. The first kappa shape index (κ1) is 18.0. The summed E-state index contributed by atoms with van der Waals surface area (Å²) in [5, 5.41) is 6.87. The van der Waals surface area contributed by atoms with Crippen LogP contribution in [0.5, 0.6) is 0 Å². The number of nitrogens with one attached hydrogen (secondary N) is 2. The summed E-state index contributed by atoms with van der Waals surface area (Å²) in [6.45, 7) is 1.25. The predicted octanol–water partition coefficient (Wildman–Crippen LogP) is 4.32. The zero-order valence-corrected chi connectivity index (χ0v) is 15.0. The minimum Gasteiger partial charge on any atom is -0.380 e. The van der Waals surface area contributed by atoms with Gasteiger partial charge < -0.3 is 10.6 Å². The molecule has 1 amide bonds. The molecule has 5 heteroatoms. The Balaban J connectivity index is 1.47. The summed E-state index contributed by atoms with van der Waals surface area (Å²) in [5.74, 6) is -0.179. The second-order valence-corrected chi connectivity index (χ2v) is 6.34. The van der Waals surface area contributed by atoms with Gasteiger partial charge in [-0.05, 0) is 41.8 Å². The average molecular weight is 366 g/mol. The Morgan fingerprint density at radius 1 is 0.962 bits per heavy atom. The van der Waals surface area contributed by atoms with Gasteiger partial charge >= 0.3 is 0 Å². The van der Waals surface area contributed by atoms with Gasteiger partial charge in [0.1, 0.15) is 5.69 Å². The lowest BCUT2D eigenvalue weighted by molar-refractivity contribution is 0.0949. The number of aromatic nitrogens is 1. The average Bonchev–Trinajstić information content (AvgIpc) is 2.67. The second-order valence-electron chi connectivity index (χ2n) is 5.91. The van der Waals surface area contributed by atoms with E-state index in [2.05, 4.69) is 27.8 Å². The normalized spacial score (nSPS) is 10.3. The van der Waals surface area contributed by atoms with Gasteiger partial charge in [0, 0.05) is 18.1 Å². The van der Waals surface area contributed by atoms with E-state index in [0.717, 1.165) is 17.7 Å². The largest absolute Gasteiger partial charge is 0.380 e. The second kappa shape index (κ2) is 9.02. The minimum absolute atomic E-state index is 0.179. The molecule has 0 bridgehead atoms. The summed E-state index contributed by atoms with van der Waals surface area (Å²) in [4.78, 5) is 16.4. The summed E-state index contributed by atoms with van der Waals surface area (Å²) in [6.07, 6.45) is 2.40. The van der Waals surface area contributed by atoms with Gasteiger partial charge in [-0.2, -0.15) is 0 Å². The fourth-order valence-electron chi connectivity index (χ4n) is 2.54. The van der Waals surface area contributed by atoms with Crippen LogP contribution in [0.4, 0.5) is 5.69 Å². The Labute approximate surface area is 158 Å². The van der Waals surface area contributed by atoms with Crippen LogP contribution in [0.1, 0.15) is 21.6 Å². The molecule has 0 aliphatic carbocycles. The third kappa shape index (κ3) is 5.33. The lowest BCUT2D eigenvalue weighted by atomic mass is 10.1. The SMILES string of the molecule is O=C(NCCc1cccc(Cl)c1)c1ccc(NCc2ccccc2)cn1. The molecule has 0 aliphatic heterocycles. The van der Waals surface area contributed by atoms with Gasteiger partial charge in [0.15, 0.2) is 0 Å². The highest BCUT2D eigenvalue weighted by Crippen LogP contribution is 2.11. The topological polar surface area (TPSA) is 54.0 Å². The van der Waals surface area contributed by atoms with Gasteiger partial charge in [0.2, 0.25) is 0 Å². The molecule has 0 saturated heterocycles. The number of anilines is 1. The van der Waals surface area contributed by atoms with E-state index in [-0.39, 0.29) is 5.91 Å². The highest BCUT2D eigenvalue weighted by atomic mass is 35.5. The number of nitrogens with zero attached hydrogens (tertiary/aromatic N) is 1. The smallest absolute Gasteiger partial charge is 0.269 e. The Morgan fingerprint density at radius 2 is 1.77 bits per heavy atom. The minimum atomic E-state index is -0.179. The first-order valence-corrected chi connectivity index (χ1v) is 8.85. The molecule has 26 heavy (non-hydrogen) atoms. The summed E-state index contributed by atoms with van der Waals surface area (Å²) >= 11 is 5.96. The van der Waals surface area contributed by atoms with E-state index >= 15 is 0 Å². The van der Waals surface area contributed by atoms with E-state index in [1.807, 2.05) is 48.5 Å². The Kier molecular flexibility index (Phi) is 6.23. The van der Waals surface area contributed by atoms with E-state index in [9.17, 15) is 4.79 Å². The van der Waals surface area contributed by atoms with Crippen molar-refractivity contribution in [2.75, 3.05) is 11.9 Å². The molecule has 0 radical (unpaired) electrons. The number of carbonyl (C=O) groups excluding carboxylic acids is 1. The lowest BCUT2D eigenvalue weighted by Gasteiger charge is -2.08. The van der Waals surface area contributed by atoms with Crippen molar-refractivity contribution >= 4 is 23.2 Å². The standard InChI is InChI=1S/C21H20ClN3O/c22-18-8-4-7-16(13-18)11-12-23-21(26)20-10-9-19(15-25-20)24-14-17-5-2-1-3-6-17/h1-10,13,15,24H,11-12,14H2,(H,23,26). The quantitative estimate of drug-likeness (QED) is 0.655. The van der Waals surface area contributed by atoms with E-state index in [4.69, 9.17) is 11.6 Å². The predicted molar refractivity (Wildman–Crippen MR) is 105 cm³/mol. The van der Waals surface area contributed by atoms with Crippen LogP contribution < -0.4 is 10.6 Å². The van der Waals surface area contributed by atoms with Crippen molar-refractivity contribution in [2.24, 2.45) is 0 Å². The van der Waals surface area contributed by atoms with Crippen molar-refractivity contribution in [3.05, 3.63) is 94.8 Å². The zero-order chi connectivity index (χ0) is 18.2. The molecule has 3 aromatic rings. The number of amides is 1. The molecule has 3 rings (SSSR count). The summed E-state index contributed by atoms with van der Waals surface area (Å²) < 4.78 is 0. The van der Waals surface area contributed by atoms with Crippen molar-refractivity contribution in [2.45, 2.75) is 13.0 Å². The monoisotopic (exact) mass is 365 g/mol. The van der Waals surface area contributed by atoms with Crippen LogP contribution in [0.3, 0.4) is 0 Å². The summed E-state index contributed by atoms with van der Waals surface area (Å²) in [6, 6.07) is 21.3. The molecular weight excluding hydrogens is 346 g/mol. The fourth-order valence-corrected chi connectivity index (χ4v) is 2.75. The van der Waals surface area contributed by atoms with Gasteiger partial charge in [0.25, 0.3) is 5.91 Å². The van der Waals surface area contributed by atoms with Crippen LogP contribution in [0, 0.1) is 0 Å². The maximum Gasteiger partial charge on any atom is 0.269 e. The molecule has 0 fully saturated rings. The Bertz CT molecular complexity index is 851. The number of benzene rings is 2. The van der Waals surface area contributed by atoms with Gasteiger partial charge in [-0.1, -0.05) is 54.1 Å². The molecule has 0 saturated carbocycles. The van der Waals surface area contributed by atoms with Crippen LogP contribution >= 0.6 is 11.6 Å². The highest BCUT2D eigenvalue weighted by Gasteiger charge is 2.06. The molecule has 4 nitrogen and oxygen atoms in total. The van der Waals surface area contributed by atoms with E-state index < -0.39 is 0 Å². The fraction of sp³-hybridized carbons (Fsp3) is 0.143. The first-order valence-electron chi connectivity index (χ1n) is 8.47. The molecule has 2 N–H and O–H groups in total. The molecule has 2 aromatic carbocycles. The molecular formula is C21H20ClN3O. The number of halogens is 1. The molecule has 0 unspecified atom stereocenters. The van der Waals surface area contributed by atoms with Crippen LogP contribution in [0.25, 0.3) is 0 Å². The molecule has 0 spiro atoms. The maximum atomic E-state index is 12.2. The van der Waals surface area contributed by atoms with Crippen molar-refractivity contribution < 1.29 is 4.79 Å². The van der Waals surface area contributed by atoms with Crippen molar-refractivity contribution in [1.82, 2.24) is 10.3 Å². The third-order valence-electron chi connectivity index (χ3n) is 3.92. The number of hydrogen-bond acceptors (Lipinski definition) is 3. The number of rotatable bonds is 7. The highest BCUT2D eigenvalue weighted by molar-refractivity contribution is 6.30. The van der Waals surface area contributed by atoms with E-state index in [0.29, 0.717) is 23.8 Å². The summed E-state index contributed by atoms with van der Waals surface area (Å²) in [7, 11) is 0. The number of hydrogen-bond donors (Lipinski definition) is 2. The molecule has 1 aromatic heterocycles. The van der Waals surface area contributed by atoms with Gasteiger partial charge in [-0.3, -0.25) is 4.79 Å². The molecule has 0 aliphatic rings. The van der Waals surface area contributed by atoms with Gasteiger partial charge in [0.05, 0.1) is 11.9 Å². The maximum absolute atomic E-state index is 12.2. The van der Waals surface area contributed by atoms with Crippen molar-refractivity contribution in [3.8, 4) is 0 Å². The summed E-state index contributed by atoms with van der Waals surface area (Å²) in [5.41, 5.74) is 3.56. The Hall–Kier alpha value is -2.85. The van der Waals surface area contributed by atoms with Gasteiger partial charge in [-0.15, -0.1) is 0 Å². The van der Waals surface area contributed by atoms with Crippen LogP contribution in [-0.4, -0.2) is 17.4 Å². The van der Waals surface area contributed by atoms with E-state index in [1.54, 1.807) is 12.3 Å². The molecule has 0 atom stereocenters. The van der Waals surface area contributed by atoms with E-state index in [1.165, 1.54) is 5.56 Å². The molecule has 1 heterocycles.